The number of benzene rings is 2. The number of nitrogens with one attached hydrogen (secondary N) is 2. The standard InChI is InChI=1S/C27H32ClN3O5S2/c1-17(2)14-22(30-27(34)25-15-18-6-3-4-8-24(18)37-25)26(33)29-21-7-5-13-31(16-23(21)32)38(35,36)20-11-9-19(28)10-12-20/h3-4,6,8-12,15,17,21-23,32H,5,7,13-14,16H2,1-2H3,(H,29,33)(H,30,34)/t21?,22-,23?/m0/s1. The van der Waals surface area contributed by atoms with Gasteiger partial charge in [0.25, 0.3) is 5.91 Å². The van der Waals surface area contributed by atoms with Crippen molar-refractivity contribution in [3.05, 3.63) is 64.5 Å². The van der Waals surface area contributed by atoms with E-state index in [0.29, 0.717) is 29.2 Å². The molecule has 0 aliphatic carbocycles. The van der Waals surface area contributed by atoms with Gasteiger partial charge in [-0.3, -0.25) is 9.59 Å². The SMILES string of the molecule is CC(C)C[C@H](NC(=O)c1cc2ccccc2s1)C(=O)NC1CCCN(S(=O)(=O)c2ccc(Cl)cc2)CC1O. The molecule has 204 valence electrons. The minimum Gasteiger partial charge on any atom is -0.390 e. The van der Waals surface area contributed by atoms with Crippen LogP contribution in [0.3, 0.4) is 0 Å². The summed E-state index contributed by atoms with van der Waals surface area (Å²) < 4.78 is 28.5. The van der Waals surface area contributed by atoms with Crippen LogP contribution in [-0.4, -0.2) is 60.9 Å². The molecule has 8 nitrogen and oxygen atoms in total. The van der Waals surface area contributed by atoms with Crippen LogP contribution in [0.25, 0.3) is 10.1 Å². The van der Waals surface area contributed by atoms with Crippen molar-refractivity contribution >= 4 is 54.9 Å². The molecule has 2 heterocycles. The topological polar surface area (TPSA) is 116 Å². The van der Waals surface area contributed by atoms with E-state index in [1.807, 2.05) is 44.2 Å². The minimum atomic E-state index is -3.83. The third-order valence-electron chi connectivity index (χ3n) is 6.54. The molecule has 0 radical (unpaired) electrons. The predicted octanol–water partition coefficient (Wildman–Crippen LogP) is 4.03. The number of hydrogen-bond donors (Lipinski definition) is 3. The van der Waals surface area contributed by atoms with Crippen molar-refractivity contribution in [2.24, 2.45) is 5.92 Å². The first-order valence-electron chi connectivity index (χ1n) is 12.6. The van der Waals surface area contributed by atoms with Gasteiger partial charge in [-0.15, -0.1) is 11.3 Å². The van der Waals surface area contributed by atoms with Gasteiger partial charge in [0.15, 0.2) is 0 Å². The highest BCUT2D eigenvalue weighted by Crippen LogP contribution is 2.26. The first-order valence-corrected chi connectivity index (χ1v) is 15.2. The zero-order valence-corrected chi connectivity index (χ0v) is 23.7. The molecule has 38 heavy (non-hydrogen) atoms. The molecular weight excluding hydrogens is 546 g/mol. The Kier molecular flexibility index (Phi) is 9.10. The van der Waals surface area contributed by atoms with Crippen molar-refractivity contribution in [1.82, 2.24) is 14.9 Å². The average molecular weight is 578 g/mol. The lowest BCUT2D eigenvalue weighted by atomic mass is 10.0. The lowest BCUT2D eigenvalue weighted by molar-refractivity contribution is -0.125. The minimum absolute atomic E-state index is 0.0949. The van der Waals surface area contributed by atoms with Crippen molar-refractivity contribution in [2.45, 2.75) is 56.2 Å². The van der Waals surface area contributed by atoms with Crippen LogP contribution in [-0.2, 0) is 14.8 Å². The van der Waals surface area contributed by atoms with Gasteiger partial charge in [-0.25, -0.2) is 8.42 Å². The van der Waals surface area contributed by atoms with E-state index in [4.69, 9.17) is 11.6 Å². The van der Waals surface area contributed by atoms with Crippen molar-refractivity contribution in [3.63, 3.8) is 0 Å². The normalized spacial score (nSPS) is 19.7. The Labute approximate surface area is 232 Å². The van der Waals surface area contributed by atoms with Crippen LogP contribution in [0.4, 0.5) is 0 Å². The van der Waals surface area contributed by atoms with E-state index in [2.05, 4.69) is 10.6 Å². The second-order valence-corrected chi connectivity index (χ2v) is 13.4. The smallest absolute Gasteiger partial charge is 0.262 e. The van der Waals surface area contributed by atoms with Crippen LogP contribution < -0.4 is 10.6 Å². The Morgan fingerprint density at radius 2 is 1.87 bits per heavy atom. The fourth-order valence-electron chi connectivity index (χ4n) is 4.56. The highest BCUT2D eigenvalue weighted by Gasteiger charge is 2.34. The lowest BCUT2D eigenvalue weighted by Gasteiger charge is -2.27. The zero-order chi connectivity index (χ0) is 27.4. The predicted molar refractivity (Wildman–Crippen MR) is 150 cm³/mol. The lowest BCUT2D eigenvalue weighted by Crippen LogP contribution is -2.53. The number of halogens is 1. The molecule has 1 fully saturated rings. The van der Waals surface area contributed by atoms with Gasteiger partial charge in [0.05, 0.1) is 21.9 Å². The molecule has 11 heteroatoms. The van der Waals surface area contributed by atoms with E-state index in [0.717, 1.165) is 10.1 Å². The summed E-state index contributed by atoms with van der Waals surface area (Å²) in [5.41, 5.74) is 0. The number of nitrogens with zero attached hydrogens (tertiary/aromatic N) is 1. The molecule has 1 aliphatic rings. The van der Waals surface area contributed by atoms with E-state index in [9.17, 15) is 23.1 Å². The number of fused-ring (bicyclic) bond motifs is 1. The van der Waals surface area contributed by atoms with Gasteiger partial charge >= 0.3 is 0 Å². The molecule has 0 bridgehead atoms. The monoisotopic (exact) mass is 577 g/mol. The number of carbonyl (C=O) groups excluding carboxylic acids is 2. The molecule has 0 spiro atoms. The summed E-state index contributed by atoms with van der Waals surface area (Å²) in [5.74, 6) is -0.590. The van der Waals surface area contributed by atoms with Gasteiger partial charge < -0.3 is 15.7 Å². The van der Waals surface area contributed by atoms with Gasteiger partial charge in [-0.05, 0) is 67.0 Å². The summed E-state index contributed by atoms with van der Waals surface area (Å²) in [7, 11) is -3.83. The van der Waals surface area contributed by atoms with E-state index in [1.165, 1.54) is 39.9 Å². The summed E-state index contributed by atoms with van der Waals surface area (Å²) in [4.78, 5) is 26.9. The van der Waals surface area contributed by atoms with Gasteiger partial charge in [0, 0.05) is 22.8 Å². The van der Waals surface area contributed by atoms with E-state index < -0.39 is 34.1 Å². The molecule has 2 amide bonds. The molecule has 4 rings (SSSR count). The summed E-state index contributed by atoms with van der Waals surface area (Å²) >= 11 is 7.26. The van der Waals surface area contributed by atoms with Crippen molar-refractivity contribution in [1.29, 1.82) is 0 Å². The number of hydrogen-bond acceptors (Lipinski definition) is 6. The molecule has 3 aromatic rings. The molecule has 1 saturated heterocycles. The van der Waals surface area contributed by atoms with Crippen LogP contribution in [0.5, 0.6) is 0 Å². The van der Waals surface area contributed by atoms with Crippen LogP contribution >= 0.6 is 22.9 Å². The first kappa shape index (κ1) is 28.5. The zero-order valence-electron chi connectivity index (χ0n) is 21.3. The van der Waals surface area contributed by atoms with Gasteiger partial charge in [-0.1, -0.05) is 43.6 Å². The number of aliphatic hydroxyl groups is 1. The maximum Gasteiger partial charge on any atom is 0.262 e. The summed E-state index contributed by atoms with van der Waals surface area (Å²) in [6.45, 7) is 3.99. The second-order valence-electron chi connectivity index (χ2n) is 9.95. The Bertz CT molecular complexity index is 1360. The maximum atomic E-state index is 13.3. The third kappa shape index (κ3) is 6.73. The summed E-state index contributed by atoms with van der Waals surface area (Å²) in [5, 5.41) is 18.0. The fourth-order valence-corrected chi connectivity index (χ4v) is 7.15. The quantitative estimate of drug-likeness (QED) is 0.374. The number of rotatable bonds is 8. The second kappa shape index (κ2) is 12.1. The number of sulfonamides is 1. The summed E-state index contributed by atoms with van der Waals surface area (Å²) in [6.07, 6.45) is 0.166. The van der Waals surface area contributed by atoms with Crippen LogP contribution in [0.2, 0.25) is 5.02 Å². The van der Waals surface area contributed by atoms with Gasteiger partial charge in [0.1, 0.15) is 6.04 Å². The Morgan fingerprint density at radius 3 is 2.55 bits per heavy atom. The Hall–Kier alpha value is -2.50. The van der Waals surface area contributed by atoms with E-state index in [-0.39, 0.29) is 29.8 Å². The molecule has 1 aliphatic heterocycles. The summed E-state index contributed by atoms with van der Waals surface area (Å²) in [6, 6.07) is 13.9. The van der Waals surface area contributed by atoms with Crippen molar-refractivity contribution in [2.75, 3.05) is 13.1 Å². The largest absolute Gasteiger partial charge is 0.390 e. The maximum absolute atomic E-state index is 13.3. The highest BCUT2D eigenvalue weighted by atomic mass is 35.5. The third-order valence-corrected chi connectivity index (χ3v) is 9.78. The van der Waals surface area contributed by atoms with Crippen molar-refractivity contribution in [3.8, 4) is 0 Å². The number of aliphatic hydroxyl groups excluding tert-OH is 1. The van der Waals surface area contributed by atoms with Gasteiger partial charge in [0.2, 0.25) is 15.9 Å². The first-order chi connectivity index (χ1) is 18.0. The number of β-amino-alcohol motifs (C(OH)–C–C–N with tert-alkyl or cyclic N) is 1. The molecule has 2 aromatic carbocycles. The number of carbonyl (C=O) groups is 2. The highest BCUT2D eigenvalue weighted by molar-refractivity contribution is 7.89. The van der Waals surface area contributed by atoms with E-state index in [1.54, 1.807) is 0 Å². The van der Waals surface area contributed by atoms with Crippen molar-refractivity contribution < 1.29 is 23.1 Å². The van der Waals surface area contributed by atoms with Crippen LogP contribution in [0.1, 0.15) is 42.8 Å². The Morgan fingerprint density at radius 1 is 1.16 bits per heavy atom. The number of amides is 2. The molecule has 0 saturated carbocycles. The fraction of sp³-hybridized carbons (Fsp3) is 0.407. The molecule has 3 N–H and O–H groups in total. The molecule has 1 aromatic heterocycles. The number of thiophene rings is 1. The van der Waals surface area contributed by atoms with E-state index >= 15 is 0 Å². The Balaban J connectivity index is 1.43. The molecule has 2 unspecified atom stereocenters. The van der Waals surface area contributed by atoms with Crippen LogP contribution in [0.15, 0.2) is 59.5 Å². The molecule has 3 atom stereocenters. The average Bonchev–Trinajstić information content (AvgIpc) is 3.22. The molecular formula is C27H32ClN3O5S2. The van der Waals surface area contributed by atoms with Gasteiger partial charge in [-0.2, -0.15) is 4.31 Å². The van der Waals surface area contributed by atoms with Crippen LogP contribution in [0, 0.1) is 5.92 Å².